The van der Waals surface area contributed by atoms with Crippen molar-refractivity contribution in [1.29, 1.82) is 0 Å². The average Bonchev–Trinajstić information content (AvgIpc) is 1.79. The minimum Gasteiger partial charge on any atom is -0.392 e. The van der Waals surface area contributed by atoms with Crippen molar-refractivity contribution in [2.24, 2.45) is 0 Å². The van der Waals surface area contributed by atoms with E-state index in [1.807, 2.05) is 0 Å². The van der Waals surface area contributed by atoms with Crippen molar-refractivity contribution in [3.05, 3.63) is 0 Å². The Labute approximate surface area is 82.5 Å². The van der Waals surface area contributed by atoms with Crippen LogP contribution in [0.1, 0.15) is 34.1 Å². The Balaban J connectivity index is 4.12. The van der Waals surface area contributed by atoms with Crippen molar-refractivity contribution in [2.75, 3.05) is 0 Å². The number of nitrogens with one attached hydrogen (secondary N) is 1. The summed E-state index contributed by atoms with van der Waals surface area (Å²) in [4.78, 5) is 0. The first-order valence-electron chi connectivity index (χ1n) is 4.57. The molecule has 0 amide bonds. The van der Waals surface area contributed by atoms with E-state index in [1.54, 1.807) is 20.8 Å². The highest BCUT2D eigenvalue weighted by Crippen LogP contribution is 2.22. The van der Waals surface area contributed by atoms with Crippen LogP contribution in [-0.2, 0) is 0 Å². The lowest BCUT2D eigenvalue weighted by molar-refractivity contribution is -0.140. The zero-order valence-electron chi connectivity index (χ0n) is 8.94. The Morgan fingerprint density at radius 2 is 1.64 bits per heavy atom. The molecular formula is C9H18F3NO. The summed E-state index contributed by atoms with van der Waals surface area (Å²) in [5.74, 6) is 0. The van der Waals surface area contributed by atoms with Gasteiger partial charge in [0.05, 0.1) is 12.5 Å². The molecule has 14 heavy (non-hydrogen) atoms. The molecule has 0 fully saturated rings. The van der Waals surface area contributed by atoms with Gasteiger partial charge in [-0.2, -0.15) is 13.2 Å². The van der Waals surface area contributed by atoms with Gasteiger partial charge in [-0.3, -0.25) is 0 Å². The van der Waals surface area contributed by atoms with E-state index in [4.69, 9.17) is 0 Å². The molecule has 0 aromatic rings. The molecule has 0 saturated carbocycles. The van der Waals surface area contributed by atoms with Crippen molar-refractivity contribution in [1.82, 2.24) is 5.32 Å². The second-order valence-corrected chi connectivity index (χ2v) is 4.26. The number of hydrogen-bond acceptors (Lipinski definition) is 2. The second kappa shape index (κ2) is 4.49. The SMILES string of the molecule is CC(CC(F)(F)F)NC(C)(C)C(C)O. The van der Waals surface area contributed by atoms with E-state index in [-0.39, 0.29) is 0 Å². The summed E-state index contributed by atoms with van der Waals surface area (Å²) < 4.78 is 35.9. The summed E-state index contributed by atoms with van der Waals surface area (Å²) >= 11 is 0. The molecule has 0 saturated heterocycles. The molecule has 0 rings (SSSR count). The fourth-order valence-electron chi connectivity index (χ4n) is 1.15. The Bertz CT molecular complexity index is 177. The molecule has 2 N–H and O–H groups in total. The third kappa shape index (κ3) is 5.44. The number of hydrogen-bond donors (Lipinski definition) is 2. The van der Waals surface area contributed by atoms with Crippen LogP contribution >= 0.6 is 0 Å². The van der Waals surface area contributed by atoms with Crippen molar-refractivity contribution in [3.63, 3.8) is 0 Å². The second-order valence-electron chi connectivity index (χ2n) is 4.26. The van der Waals surface area contributed by atoms with Gasteiger partial charge in [-0.25, -0.2) is 0 Å². The van der Waals surface area contributed by atoms with Crippen molar-refractivity contribution in [2.45, 2.75) is 58.0 Å². The zero-order chi connectivity index (χ0) is 11.6. The quantitative estimate of drug-likeness (QED) is 0.749. The Kier molecular flexibility index (Phi) is 4.39. The number of rotatable bonds is 4. The molecule has 2 atom stereocenters. The van der Waals surface area contributed by atoms with Crippen LogP contribution in [0.5, 0.6) is 0 Å². The molecule has 0 radical (unpaired) electrons. The normalized spacial score (nSPS) is 18.0. The Morgan fingerprint density at radius 1 is 1.21 bits per heavy atom. The smallest absolute Gasteiger partial charge is 0.390 e. The van der Waals surface area contributed by atoms with Crippen LogP contribution in [0.25, 0.3) is 0 Å². The van der Waals surface area contributed by atoms with Gasteiger partial charge in [-0.05, 0) is 27.7 Å². The molecular weight excluding hydrogens is 195 g/mol. The molecule has 5 heteroatoms. The molecule has 0 aliphatic heterocycles. The fraction of sp³-hybridized carbons (Fsp3) is 1.00. The van der Waals surface area contributed by atoms with Gasteiger partial charge in [0.15, 0.2) is 0 Å². The molecule has 0 aromatic heterocycles. The third-order valence-electron chi connectivity index (χ3n) is 2.20. The molecule has 0 spiro atoms. The van der Waals surface area contributed by atoms with E-state index < -0.39 is 30.3 Å². The highest BCUT2D eigenvalue weighted by atomic mass is 19.4. The van der Waals surface area contributed by atoms with Crippen LogP contribution in [-0.4, -0.2) is 29.0 Å². The molecule has 0 aromatic carbocycles. The van der Waals surface area contributed by atoms with E-state index in [0.29, 0.717) is 0 Å². The van der Waals surface area contributed by atoms with E-state index in [2.05, 4.69) is 5.32 Å². The van der Waals surface area contributed by atoms with Gasteiger partial charge in [0.25, 0.3) is 0 Å². The highest BCUT2D eigenvalue weighted by Gasteiger charge is 2.33. The van der Waals surface area contributed by atoms with Crippen LogP contribution < -0.4 is 5.32 Å². The topological polar surface area (TPSA) is 32.3 Å². The molecule has 0 bridgehead atoms. The van der Waals surface area contributed by atoms with E-state index in [0.717, 1.165) is 0 Å². The summed E-state index contributed by atoms with van der Waals surface area (Å²) in [5.41, 5.74) is -0.704. The van der Waals surface area contributed by atoms with Gasteiger partial charge >= 0.3 is 6.18 Å². The minimum absolute atomic E-state index is 0.695. The van der Waals surface area contributed by atoms with Crippen LogP contribution in [0.3, 0.4) is 0 Å². The van der Waals surface area contributed by atoms with Crippen LogP contribution in [0, 0.1) is 0 Å². The largest absolute Gasteiger partial charge is 0.392 e. The Morgan fingerprint density at radius 3 is 1.93 bits per heavy atom. The van der Waals surface area contributed by atoms with E-state index in [1.165, 1.54) is 6.92 Å². The summed E-state index contributed by atoms with van der Waals surface area (Å²) in [6.07, 6.45) is -5.75. The predicted molar refractivity (Wildman–Crippen MR) is 49.0 cm³/mol. The molecule has 0 heterocycles. The van der Waals surface area contributed by atoms with E-state index in [9.17, 15) is 18.3 Å². The van der Waals surface area contributed by atoms with Crippen LogP contribution in [0.4, 0.5) is 13.2 Å². The van der Waals surface area contributed by atoms with Crippen molar-refractivity contribution in [3.8, 4) is 0 Å². The first kappa shape index (κ1) is 13.7. The van der Waals surface area contributed by atoms with E-state index >= 15 is 0 Å². The Hall–Kier alpha value is -0.290. The molecule has 2 nitrogen and oxygen atoms in total. The standard InChI is InChI=1S/C9H18F3NO/c1-6(5-9(10,11)12)13-8(3,4)7(2)14/h6-7,13-14H,5H2,1-4H3. The fourth-order valence-corrected chi connectivity index (χ4v) is 1.15. The lowest BCUT2D eigenvalue weighted by Crippen LogP contribution is -2.52. The zero-order valence-corrected chi connectivity index (χ0v) is 8.94. The maximum atomic E-state index is 12.0. The number of aliphatic hydroxyl groups is 1. The number of halogens is 3. The third-order valence-corrected chi connectivity index (χ3v) is 2.20. The summed E-state index contributed by atoms with van der Waals surface area (Å²) in [6, 6.07) is -0.695. The summed E-state index contributed by atoms with van der Waals surface area (Å²) in [7, 11) is 0. The van der Waals surface area contributed by atoms with Crippen molar-refractivity contribution < 1.29 is 18.3 Å². The maximum absolute atomic E-state index is 12.0. The first-order valence-corrected chi connectivity index (χ1v) is 4.57. The van der Waals surface area contributed by atoms with Gasteiger partial charge < -0.3 is 10.4 Å². The molecule has 2 unspecified atom stereocenters. The number of alkyl halides is 3. The van der Waals surface area contributed by atoms with Gasteiger partial charge in [0, 0.05) is 11.6 Å². The van der Waals surface area contributed by atoms with Gasteiger partial charge in [-0.15, -0.1) is 0 Å². The minimum atomic E-state index is -4.17. The first-order chi connectivity index (χ1) is 6.04. The monoisotopic (exact) mass is 213 g/mol. The average molecular weight is 213 g/mol. The molecule has 0 aliphatic rings. The lowest BCUT2D eigenvalue weighted by Gasteiger charge is -2.33. The van der Waals surface area contributed by atoms with Gasteiger partial charge in [-0.1, -0.05) is 0 Å². The molecule has 0 aliphatic carbocycles. The van der Waals surface area contributed by atoms with Crippen molar-refractivity contribution >= 4 is 0 Å². The lowest BCUT2D eigenvalue weighted by atomic mass is 9.97. The number of aliphatic hydroxyl groups excluding tert-OH is 1. The summed E-state index contributed by atoms with van der Waals surface area (Å²) in [6.45, 7) is 6.35. The van der Waals surface area contributed by atoms with Crippen LogP contribution in [0.2, 0.25) is 0 Å². The predicted octanol–water partition coefficient (Wildman–Crippen LogP) is 2.08. The van der Waals surface area contributed by atoms with Crippen LogP contribution in [0.15, 0.2) is 0 Å². The summed E-state index contributed by atoms with van der Waals surface area (Å²) in [5, 5.41) is 12.0. The maximum Gasteiger partial charge on any atom is 0.390 e. The van der Waals surface area contributed by atoms with Gasteiger partial charge in [0.2, 0.25) is 0 Å². The highest BCUT2D eigenvalue weighted by molar-refractivity contribution is 4.86. The van der Waals surface area contributed by atoms with Gasteiger partial charge in [0.1, 0.15) is 0 Å². The molecule has 86 valence electrons.